The van der Waals surface area contributed by atoms with Crippen molar-refractivity contribution in [3.63, 3.8) is 0 Å². The minimum Gasteiger partial charge on any atom is -0.208 e. The predicted octanol–water partition coefficient (Wildman–Crippen LogP) is 14.4. The third kappa shape index (κ3) is 5.46. The van der Waals surface area contributed by atoms with E-state index in [9.17, 15) is 0 Å². The van der Waals surface area contributed by atoms with Gasteiger partial charge in [-0.2, -0.15) is 0 Å². The van der Waals surface area contributed by atoms with Crippen molar-refractivity contribution in [2.75, 3.05) is 0 Å². The average Bonchev–Trinajstić information content (AvgIpc) is 3.85. The highest BCUT2D eigenvalue weighted by atomic mass is 32.1. The molecule has 1 aliphatic rings. The first kappa shape index (κ1) is 34.5. The Balaban J connectivity index is 0.928. The minimum atomic E-state index is -0.414. The van der Waals surface area contributed by atoms with Crippen LogP contribution in [0.25, 0.3) is 87.4 Å². The second kappa shape index (κ2) is 13.8. The summed E-state index contributed by atoms with van der Waals surface area (Å²) in [6.07, 6.45) is 0. The van der Waals surface area contributed by atoms with Gasteiger partial charge in [-0.05, 0) is 73.5 Å². The Morgan fingerprint density at radius 1 is 0.317 bits per heavy atom. The minimum absolute atomic E-state index is 0.414. The van der Waals surface area contributed by atoms with Gasteiger partial charge in [0.2, 0.25) is 0 Å². The lowest BCUT2D eigenvalue weighted by atomic mass is 9.67. The summed E-state index contributed by atoms with van der Waals surface area (Å²) in [5.74, 6) is 1.96. The molecule has 0 radical (unpaired) electrons. The fraction of sp³-hybridized carbons (Fsp3) is 0.0179. The number of thiophene rings is 1. The molecule has 0 amide bonds. The summed E-state index contributed by atoms with van der Waals surface area (Å²) in [6, 6.07) is 76.5. The fourth-order valence-corrected chi connectivity index (χ4v) is 10.6. The molecule has 11 aromatic rings. The Morgan fingerprint density at radius 3 is 1.52 bits per heavy atom. The van der Waals surface area contributed by atoms with Crippen molar-refractivity contribution in [2.24, 2.45) is 0 Å². The summed E-state index contributed by atoms with van der Waals surface area (Å²) in [6.45, 7) is 0. The molecule has 2 heterocycles. The first-order chi connectivity index (χ1) is 29.7. The van der Waals surface area contributed by atoms with Gasteiger partial charge in [0.15, 0.2) is 17.5 Å². The molecule has 0 bridgehead atoms. The van der Waals surface area contributed by atoms with Crippen molar-refractivity contribution in [1.29, 1.82) is 0 Å². The van der Waals surface area contributed by atoms with Gasteiger partial charge in [0.25, 0.3) is 0 Å². The van der Waals surface area contributed by atoms with Gasteiger partial charge in [0, 0.05) is 36.9 Å². The van der Waals surface area contributed by atoms with Crippen LogP contribution in [0.2, 0.25) is 0 Å². The Morgan fingerprint density at radius 2 is 0.817 bits per heavy atom. The Bertz CT molecular complexity index is 3380. The highest BCUT2D eigenvalue weighted by Gasteiger charge is 2.45. The first-order valence-corrected chi connectivity index (χ1v) is 21.2. The highest BCUT2D eigenvalue weighted by Crippen LogP contribution is 2.56. The molecule has 60 heavy (non-hydrogen) atoms. The fourth-order valence-electron chi connectivity index (χ4n) is 9.39. The second-order valence-corrected chi connectivity index (χ2v) is 16.6. The van der Waals surface area contributed by atoms with E-state index >= 15 is 0 Å². The predicted molar refractivity (Wildman–Crippen MR) is 249 cm³/mol. The van der Waals surface area contributed by atoms with E-state index in [2.05, 4.69) is 182 Å². The van der Waals surface area contributed by atoms with Crippen LogP contribution in [0.5, 0.6) is 0 Å². The quantitative estimate of drug-likeness (QED) is 0.169. The van der Waals surface area contributed by atoms with Crippen LogP contribution in [0, 0.1) is 0 Å². The highest BCUT2D eigenvalue weighted by molar-refractivity contribution is 7.25. The number of nitrogens with zero attached hydrogens (tertiary/aromatic N) is 3. The topological polar surface area (TPSA) is 38.7 Å². The molecular weight excluding hydrogens is 747 g/mol. The van der Waals surface area contributed by atoms with Gasteiger partial charge >= 0.3 is 0 Å². The first-order valence-electron chi connectivity index (χ1n) is 20.3. The van der Waals surface area contributed by atoms with E-state index in [1.165, 1.54) is 64.5 Å². The van der Waals surface area contributed by atoms with Crippen LogP contribution in [0.1, 0.15) is 22.3 Å². The molecule has 0 saturated heterocycles. The molecule has 2 aromatic heterocycles. The lowest BCUT2D eigenvalue weighted by Gasteiger charge is -2.33. The van der Waals surface area contributed by atoms with Gasteiger partial charge in [-0.25, -0.2) is 15.0 Å². The second-order valence-electron chi connectivity index (χ2n) is 15.5. The molecule has 0 saturated carbocycles. The number of rotatable bonds is 6. The number of fused-ring (bicyclic) bond motifs is 7. The average molecular weight is 782 g/mol. The van der Waals surface area contributed by atoms with Gasteiger partial charge in [-0.15, -0.1) is 11.3 Å². The number of benzene rings is 9. The lowest BCUT2D eigenvalue weighted by molar-refractivity contribution is 0.770. The van der Waals surface area contributed by atoms with Crippen molar-refractivity contribution in [2.45, 2.75) is 5.41 Å². The van der Waals surface area contributed by atoms with Crippen LogP contribution in [0.15, 0.2) is 212 Å². The van der Waals surface area contributed by atoms with Crippen LogP contribution in [-0.4, -0.2) is 15.0 Å². The molecule has 4 heteroatoms. The Kier molecular flexibility index (Phi) is 7.94. The van der Waals surface area contributed by atoms with E-state index in [1.807, 2.05) is 41.7 Å². The van der Waals surface area contributed by atoms with Crippen molar-refractivity contribution < 1.29 is 0 Å². The smallest absolute Gasteiger partial charge is 0.164 e. The molecular formula is C56H35N3S. The van der Waals surface area contributed by atoms with E-state index in [0.717, 1.165) is 27.6 Å². The molecule has 0 aliphatic heterocycles. The molecule has 1 aliphatic carbocycles. The van der Waals surface area contributed by atoms with E-state index in [1.54, 1.807) is 0 Å². The van der Waals surface area contributed by atoms with Crippen molar-refractivity contribution in [1.82, 2.24) is 15.0 Å². The Labute approximate surface area is 352 Å². The normalized spacial score (nSPS) is 12.8. The molecule has 0 spiro atoms. The van der Waals surface area contributed by atoms with E-state index in [4.69, 9.17) is 15.0 Å². The zero-order valence-corrected chi connectivity index (χ0v) is 33.3. The van der Waals surface area contributed by atoms with Crippen LogP contribution < -0.4 is 0 Å². The SMILES string of the molecule is c1ccc(-c2nc(-c3ccc(-c4ccc5c(c4)sc4cc(C6(c7ccccc7)c7ccccc7-c7ccccc76)ccc45)cc3)nc(-c3ccc4ccccc4c3)n2)cc1. The Hall–Kier alpha value is -7.53. The van der Waals surface area contributed by atoms with Crippen LogP contribution in [-0.2, 0) is 5.41 Å². The van der Waals surface area contributed by atoms with Gasteiger partial charge < -0.3 is 0 Å². The largest absolute Gasteiger partial charge is 0.208 e. The maximum atomic E-state index is 5.04. The van der Waals surface area contributed by atoms with E-state index in [-0.39, 0.29) is 0 Å². The summed E-state index contributed by atoms with van der Waals surface area (Å²) in [4.78, 5) is 15.0. The van der Waals surface area contributed by atoms with Crippen molar-refractivity contribution in [3.8, 4) is 56.4 Å². The molecule has 0 unspecified atom stereocenters. The van der Waals surface area contributed by atoms with Gasteiger partial charge in [-0.1, -0.05) is 194 Å². The van der Waals surface area contributed by atoms with Gasteiger partial charge in [-0.3, -0.25) is 0 Å². The number of aromatic nitrogens is 3. The summed E-state index contributed by atoms with van der Waals surface area (Å²) >= 11 is 1.87. The van der Waals surface area contributed by atoms with Crippen LogP contribution in [0.4, 0.5) is 0 Å². The van der Waals surface area contributed by atoms with E-state index in [0.29, 0.717) is 17.5 Å². The molecule has 12 rings (SSSR count). The standard InChI is InChI=1S/C56H35N3S/c1-3-14-38(15-4-1)53-57-54(59-55(58-53)42-28-25-36-13-7-8-16-40(36)33-42)39-26-23-37(24-27-39)41-29-31-47-48-32-30-44(35-52(48)60-51(47)34-41)56(43-17-5-2-6-18-43)49-21-11-9-19-45(49)46-20-10-12-22-50(46)56/h1-35H. The number of hydrogen-bond acceptors (Lipinski definition) is 4. The molecule has 0 fully saturated rings. The summed E-state index contributed by atoms with van der Waals surface area (Å²) in [5.41, 5.74) is 12.6. The van der Waals surface area contributed by atoms with Gasteiger partial charge in [0.1, 0.15) is 0 Å². The van der Waals surface area contributed by atoms with Gasteiger partial charge in [0.05, 0.1) is 5.41 Å². The maximum Gasteiger partial charge on any atom is 0.164 e. The zero-order valence-electron chi connectivity index (χ0n) is 32.5. The molecule has 9 aromatic carbocycles. The molecule has 0 N–H and O–H groups in total. The van der Waals surface area contributed by atoms with Crippen LogP contribution >= 0.6 is 11.3 Å². The summed E-state index contributed by atoms with van der Waals surface area (Å²) in [7, 11) is 0. The van der Waals surface area contributed by atoms with Crippen molar-refractivity contribution in [3.05, 3.63) is 235 Å². The van der Waals surface area contributed by atoms with Crippen molar-refractivity contribution >= 4 is 42.3 Å². The molecule has 3 nitrogen and oxygen atoms in total. The summed E-state index contributed by atoms with van der Waals surface area (Å²) < 4.78 is 2.56. The zero-order chi connectivity index (χ0) is 39.6. The van der Waals surface area contributed by atoms with E-state index < -0.39 is 5.41 Å². The molecule has 280 valence electrons. The van der Waals surface area contributed by atoms with Crippen LogP contribution in [0.3, 0.4) is 0 Å². The maximum absolute atomic E-state index is 5.04. The third-order valence-electron chi connectivity index (χ3n) is 12.2. The monoisotopic (exact) mass is 781 g/mol. The summed E-state index contributed by atoms with van der Waals surface area (Å²) in [5, 5.41) is 4.91. The molecule has 0 atom stereocenters. The number of hydrogen-bond donors (Lipinski definition) is 0. The third-order valence-corrected chi connectivity index (χ3v) is 13.3. The lowest BCUT2D eigenvalue weighted by Crippen LogP contribution is -2.28.